The highest BCUT2D eigenvalue weighted by Gasteiger charge is 2.12. The fourth-order valence-electron chi connectivity index (χ4n) is 2.59. The molecule has 3 aromatic heterocycles. The maximum absolute atomic E-state index is 12.6. The van der Waals surface area contributed by atoms with Crippen LogP contribution in [0.15, 0.2) is 65.4 Å². The molecule has 0 aliphatic rings. The summed E-state index contributed by atoms with van der Waals surface area (Å²) in [6, 6.07) is 13.0. The lowest BCUT2D eigenvalue weighted by atomic mass is 10.2. The first kappa shape index (κ1) is 15.1. The third kappa shape index (κ3) is 2.65. The molecule has 0 aliphatic carbocycles. The van der Waals surface area contributed by atoms with Gasteiger partial charge in [0.2, 0.25) is 0 Å². The van der Waals surface area contributed by atoms with Gasteiger partial charge in [0.25, 0.3) is 5.91 Å². The van der Waals surface area contributed by atoms with Gasteiger partial charge in [-0.3, -0.25) is 9.36 Å². The molecule has 0 radical (unpaired) electrons. The van der Waals surface area contributed by atoms with Gasteiger partial charge in [0, 0.05) is 29.4 Å². The molecule has 25 heavy (non-hydrogen) atoms. The molecule has 3 heterocycles. The first-order chi connectivity index (χ1) is 12.3. The van der Waals surface area contributed by atoms with Crippen LogP contribution in [-0.2, 0) is 0 Å². The second-order valence-electron chi connectivity index (χ2n) is 5.20. The van der Waals surface area contributed by atoms with Crippen molar-refractivity contribution in [3.63, 3.8) is 0 Å². The predicted octanol–water partition coefficient (Wildman–Crippen LogP) is 3.03. The molecule has 0 spiro atoms. The number of carbonyl (C=O) groups is 1. The monoisotopic (exact) mass is 345 g/mol. The van der Waals surface area contributed by atoms with E-state index in [0.29, 0.717) is 27.3 Å². The minimum absolute atomic E-state index is 0.357. The molecule has 0 saturated heterocycles. The van der Waals surface area contributed by atoms with Gasteiger partial charge in [0.15, 0.2) is 4.80 Å². The molecule has 1 N–H and O–H groups in total. The number of hydrogen-bond donors (Lipinski definition) is 1. The van der Waals surface area contributed by atoms with Gasteiger partial charge in [0.05, 0.1) is 16.8 Å². The zero-order valence-electron chi connectivity index (χ0n) is 12.9. The number of nitrogens with zero attached hydrogens (tertiary/aromatic N) is 4. The van der Waals surface area contributed by atoms with Gasteiger partial charge in [-0.05, 0) is 24.3 Å². The van der Waals surface area contributed by atoms with Gasteiger partial charge in [-0.2, -0.15) is 10.3 Å². The van der Waals surface area contributed by atoms with Crippen molar-refractivity contribution in [2.24, 2.45) is 4.99 Å². The van der Waals surface area contributed by atoms with E-state index < -0.39 is 0 Å². The third-order valence-corrected chi connectivity index (χ3v) is 4.51. The molecule has 120 valence electrons. The first-order valence-electron chi connectivity index (χ1n) is 7.45. The summed E-state index contributed by atoms with van der Waals surface area (Å²) in [5.41, 5.74) is 2.33. The minimum Gasteiger partial charge on any atom is -0.345 e. The Kier molecular flexibility index (Phi) is 3.72. The van der Waals surface area contributed by atoms with E-state index in [1.807, 2.05) is 23.6 Å². The van der Waals surface area contributed by atoms with E-state index in [0.717, 1.165) is 5.39 Å². The van der Waals surface area contributed by atoms with Crippen molar-refractivity contribution in [2.75, 3.05) is 0 Å². The van der Waals surface area contributed by atoms with Crippen molar-refractivity contribution in [1.82, 2.24) is 14.5 Å². The fourth-order valence-corrected chi connectivity index (χ4v) is 3.31. The van der Waals surface area contributed by atoms with Crippen LogP contribution in [0, 0.1) is 11.3 Å². The average Bonchev–Trinajstić information content (AvgIpc) is 3.28. The zero-order valence-corrected chi connectivity index (χ0v) is 13.7. The standard InChI is InChI=1S/C18H11N5OS/c19-10-12-4-1-2-6-15(12)23-8-9-25-18(23)22-17(24)14-11-21-16-13(14)5-3-7-20-16/h1-9,11H,(H,20,21)/b22-18-. The molecule has 0 atom stereocenters. The number of benzene rings is 1. The summed E-state index contributed by atoms with van der Waals surface area (Å²) in [6.45, 7) is 0. The van der Waals surface area contributed by atoms with Crippen LogP contribution in [0.25, 0.3) is 16.7 Å². The largest absolute Gasteiger partial charge is 0.345 e. The molecule has 7 heteroatoms. The highest BCUT2D eigenvalue weighted by molar-refractivity contribution is 7.07. The van der Waals surface area contributed by atoms with Crippen LogP contribution >= 0.6 is 11.3 Å². The van der Waals surface area contributed by atoms with Gasteiger partial charge < -0.3 is 4.98 Å². The van der Waals surface area contributed by atoms with Crippen molar-refractivity contribution in [1.29, 1.82) is 5.26 Å². The molecule has 0 saturated carbocycles. The third-order valence-electron chi connectivity index (χ3n) is 3.75. The minimum atomic E-state index is -0.357. The summed E-state index contributed by atoms with van der Waals surface area (Å²) >= 11 is 1.33. The molecular weight excluding hydrogens is 334 g/mol. The van der Waals surface area contributed by atoms with Crippen LogP contribution in [0.4, 0.5) is 0 Å². The summed E-state index contributed by atoms with van der Waals surface area (Å²) in [6.07, 6.45) is 5.07. The number of fused-ring (bicyclic) bond motifs is 1. The summed E-state index contributed by atoms with van der Waals surface area (Å²) < 4.78 is 1.74. The Hall–Kier alpha value is -3.50. The maximum Gasteiger partial charge on any atom is 0.281 e. The van der Waals surface area contributed by atoms with Crippen LogP contribution in [0.5, 0.6) is 0 Å². The quantitative estimate of drug-likeness (QED) is 0.606. The second kappa shape index (κ2) is 6.19. The Bertz CT molecular complexity index is 1190. The zero-order chi connectivity index (χ0) is 17.2. The maximum atomic E-state index is 12.6. The summed E-state index contributed by atoms with van der Waals surface area (Å²) in [4.78, 5) is 24.5. The first-order valence-corrected chi connectivity index (χ1v) is 8.33. The molecule has 0 fully saturated rings. The number of H-pyrrole nitrogens is 1. The van der Waals surface area contributed by atoms with Crippen molar-refractivity contribution >= 4 is 28.3 Å². The second-order valence-corrected chi connectivity index (χ2v) is 6.08. The van der Waals surface area contributed by atoms with Gasteiger partial charge >= 0.3 is 0 Å². The fraction of sp³-hybridized carbons (Fsp3) is 0. The Balaban J connectivity index is 1.83. The van der Waals surface area contributed by atoms with Crippen molar-refractivity contribution in [3.05, 3.63) is 76.3 Å². The number of para-hydroxylation sites is 1. The van der Waals surface area contributed by atoms with E-state index in [1.54, 1.807) is 41.4 Å². The van der Waals surface area contributed by atoms with E-state index in [2.05, 4.69) is 21.0 Å². The van der Waals surface area contributed by atoms with Gasteiger partial charge in [-0.15, -0.1) is 11.3 Å². The van der Waals surface area contributed by atoms with Crippen LogP contribution in [0.3, 0.4) is 0 Å². The van der Waals surface area contributed by atoms with Crippen molar-refractivity contribution in [3.8, 4) is 11.8 Å². The highest BCUT2D eigenvalue weighted by Crippen LogP contribution is 2.17. The predicted molar refractivity (Wildman–Crippen MR) is 94.3 cm³/mol. The molecule has 1 amide bonds. The topological polar surface area (TPSA) is 86.8 Å². The lowest BCUT2D eigenvalue weighted by molar-refractivity contribution is 0.0999. The number of carbonyl (C=O) groups excluding carboxylic acids is 1. The van der Waals surface area contributed by atoms with Crippen LogP contribution in [-0.4, -0.2) is 20.4 Å². The SMILES string of the molecule is N#Cc1ccccc1-n1ccs/c1=N\C(=O)c1c[nH]c2ncccc12. The van der Waals surface area contributed by atoms with E-state index in [9.17, 15) is 10.1 Å². The lowest BCUT2D eigenvalue weighted by Gasteiger charge is -2.04. The van der Waals surface area contributed by atoms with Gasteiger partial charge in [0.1, 0.15) is 11.7 Å². The number of rotatable bonds is 2. The number of nitriles is 1. The Morgan fingerprint density at radius 3 is 3.04 bits per heavy atom. The van der Waals surface area contributed by atoms with Gasteiger partial charge in [-0.25, -0.2) is 4.98 Å². The smallest absolute Gasteiger partial charge is 0.281 e. The highest BCUT2D eigenvalue weighted by atomic mass is 32.1. The van der Waals surface area contributed by atoms with E-state index in [-0.39, 0.29) is 5.91 Å². The summed E-state index contributed by atoms with van der Waals surface area (Å²) in [7, 11) is 0. The number of amides is 1. The molecule has 0 unspecified atom stereocenters. The molecule has 1 aromatic carbocycles. The molecule has 6 nitrogen and oxygen atoms in total. The Labute approximate surface area is 146 Å². The number of nitrogens with one attached hydrogen (secondary N) is 1. The Morgan fingerprint density at radius 2 is 2.16 bits per heavy atom. The van der Waals surface area contributed by atoms with Crippen LogP contribution in [0.2, 0.25) is 0 Å². The molecule has 4 rings (SSSR count). The number of pyridine rings is 1. The van der Waals surface area contributed by atoms with Crippen molar-refractivity contribution in [2.45, 2.75) is 0 Å². The summed E-state index contributed by atoms with van der Waals surface area (Å²) in [5.74, 6) is -0.357. The molecule has 0 aliphatic heterocycles. The van der Waals surface area contributed by atoms with E-state index in [1.165, 1.54) is 11.3 Å². The lowest BCUT2D eigenvalue weighted by Crippen LogP contribution is -2.15. The van der Waals surface area contributed by atoms with Crippen molar-refractivity contribution < 1.29 is 4.79 Å². The van der Waals surface area contributed by atoms with E-state index >= 15 is 0 Å². The number of thiazole rings is 1. The van der Waals surface area contributed by atoms with Gasteiger partial charge in [-0.1, -0.05) is 12.1 Å². The van der Waals surface area contributed by atoms with Crippen LogP contribution < -0.4 is 4.80 Å². The van der Waals surface area contributed by atoms with Crippen LogP contribution in [0.1, 0.15) is 15.9 Å². The normalized spacial score (nSPS) is 11.6. The van der Waals surface area contributed by atoms with E-state index in [4.69, 9.17) is 0 Å². The Morgan fingerprint density at radius 1 is 1.28 bits per heavy atom. The summed E-state index contributed by atoms with van der Waals surface area (Å²) in [5, 5.41) is 11.9. The number of aromatic amines is 1. The number of aromatic nitrogens is 3. The molecular formula is C18H11N5OS. The number of hydrogen-bond acceptors (Lipinski definition) is 4. The average molecular weight is 345 g/mol. The molecule has 4 aromatic rings. The molecule has 0 bridgehead atoms.